The van der Waals surface area contributed by atoms with Crippen molar-refractivity contribution in [2.45, 2.75) is 0 Å². The molecule has 0 saturated carbocycles. The standard InChI is InChI=1S/C16H10ClFN4S/c17-13-7-11(1-2-14(13)18)20-15-3-5-22-16(21-15)12(8-19-22)10-4-6-23-9-10/h1-9H,(H,20,21). The Morgan fingerprint density at radius 1 is 1.22 bits per heavy atom. The zero-order valence-electron chi connectivity index (χ0n) is 11.7. The van der Waals surface area contributed by atoms with E-state index in [9.17, 15) is 4.39 Å². The van der Waals surface area contributed by atoms with Gasteiger partial charge in [0, 0.05) is 17.4 Å². The third-order valence-corrected chi connectivity index (χ3v) is 4.37. The maximum atomic E-state index is 13.2. The van der Waals surface area contributed by atoms with Crippen molar-refractivity contribution in [1.82, 2.24) is 14.6 Å². The van der Waals surface area contributed by atoms with Crippen LogP contribution in [-0.4, -0.2) is 14.6 Å². The molecule has 1 N–H and O–H groups in total. The lowest BCUT2D eigenvalue weighted by Gasteiger charge is -2.07. The fourth-order valence-corrected chi connectivity index (χ4v) is 3.12. The first-order valence-electron chi connectivity index (χ1n) is 6.80. The van der Waals surface area contributed by atoms with E-state index in [0.29, 0.717) is 11.5 Å². The summed E-state index contributed by atoms with van der Waals surface area (Å²) in [7, 11) is 0. The molecule has 0 aliphatic carbocycles. The second-order valence-corrected chi connectivity index (χ2v) is 6.09. The highest BCUT2D eigenvalue weighted by Gasteiger charge is 2.10. The summed E-state index contributed by atoms with van der Waals surface area (Å²) in [6.07, 6.45) is 3.62. The number of thiophene rings is 1. The van der Waals surface area contributed by atoms with E-state index in [1.54, 1.807) is 34.2 Å². The van der Waals surface area contributed by atoms with Crippen LogP contribution in [0.25, 0.3) is 16.8 Å². The summed E-state index contributed by atoms with van der Waals surface area (Å²) in [6.45, 7) is 0. The molecule has 0 saturated heterocycles. The number of benzene rings is 1. The second kappa shape index (κ2) is 5.64. The van der Waals surface area contributed by atoms with Gasteiger partial charge in [-0.15, -0.1) is 0 Å². The van der Waals surface area contributed by atoms with Crippen molar-refractivity contribution < 1.29 is 4.39 Å². The molecule has 3 aromatic heterocycles. The number of rotatable bonds is 3. The van der Waals surface area contributed by atoms with Gasteiger partial charge in [0.1, 0.15) is 11.6 Å². The predicted octanol–water partition coefficient (Wildman–Crippen LogP) is 4.99. The molecule has 114 valence electrons. The highest BCUT2D eigenvalue weighted by Crippen LogP contribution is 2.27. The van der Waals surface area contributed by atoms with Crippen LogP contribution in [0.1, 0.15) is 0 Å². The van der Waals surface area contributed by atoms with E-state index in [4.69, 9.17) is 11.6 Å². The molecule has 0 bridgehead atoms. The first kappa shape index (κ1) is 14.2. The smallest absolute Gasteiger partial charge is 0.165 e. The summed E-state index contributed by atoms with van der Waals surface area (Å²) in [5, 5.41) is 11.6. The van der Waals surface area contributed by atoms with Crippen LogP contribution in [0, 0.1) is 5.82 Å². The molecule has 1 aromatic carbocycles. The fraction of sp³-hybridized carbons (Fsp3) is 0. The van der Waals surface area contributed by atoms with Crippen molar-refractivity contribution in [3.63, 3.8) is 0 Å². The van der Waals surface area contributed by atoms with Gasteiger partial charge in [-0.25, -0.2) is 13.9 Å². The largest absolute Gasteiger partial charge is 0.340 e. The van der Waals surface area contributed by atoms with Gasteiger partial charge in [-0.05, 0) is 46.7 Å². The van der Waals surface area contributed by atoms with Gasteiger partial charge in [-0.2, -0.15) is 16.4 Å². The summed E-state index contributed by atoms with van der Waals surface area (Å²) in [6, 6.07) is 8.29. The molecular formula is C16H10ClFN4S. The molecule has 23 heavy (non-hydrogen) atoms. The zero-order valence-corrected chi connectivity index (χ0v) is 13.3. The number of fused-ring (bicyclic) bond motifs is 1. The number of anilines is 2. The van der Waals surface area contributed by atoms with Crippen LogP contribution in [0.5, 0.6) is 0 Å². The van der Waals surface area contributed by atoms with Crippen LogP contribution in [0.3, 0.4) is 0 Å². The Labute approximate surface area is 140 Å². The van der Waals surface area contributed by atoms with Crippen LogP contribution in [0.2, 0.25) is 5.02 Å². The second-order valence-electron chi connectivity index (χ2n) is 4.91. The monoisotopic (exact) mass is 344 g/mol. The molecule has 0 amide bonds. The van der Waals surface area contributed by atoms with Gasteiger partial charge in [0.15, 0.2) is 5.65 Å². The Bertz CT molecular complexity index is 981. The molecule has 0 spiro atoms. The minimum atomic E-state index is -0.448. The van der Waals surface area contributed by atoms with Crippen LogP contribution in [-0.2, 0) is 0 Å². The lowest BCUT2D eigenvalue weighted by atomic mass is 10.2. The maximum Gasteiger partial charge on any atom is 0.165 e. The molecule has 4 aromatic rings. The van der Waals surface area contributed by atoms with Crippen molar-refractivity contribution in [2.24, 2.45) is 0 Å². The molecule has 0 radical (unpaired) electrons. The molecule has 4 rings (SSSR count). The SMILES string of the molecule is Fc1ccc(Nc2ccn3ncc(-c4ccsc4)c3n2)cc1Cl. The third kappa shape index (κ3) is 2.67. The Kier molecular flexibility index (Phi) is 3.48. The van der Waals surface area contributed by atoms with Crippen LogP contribution in [0.15, 0.2) is 53.5 Å². The average Bonchev–Trinajstić information content (AvgIpc) is 3.19. The van der Waals surface area contributed by atoms with Crippen LogP contribution in [0.4, 0.5) is 15.9 Å². The molecule has 0 atom stereocenters. The summed E-state index contributed by atoms with van der Waals surface area (Å²) in [5.41, 5.74) is 3.47. The predicted molar refractivity (Wildman–Crippen MR) is 91.0 cm³/mol. The van der Waals surface area contributed by atoms with Gasteiger partial charge in [-0.3, -0.25) is 0 Å². The van der Waals surface area contributed by atoms with E-state index >= 15 is 0 Å². The number of hydrogen-bond acceptors (Lipinski definition) is 4. The lowest BCUT2D eigenvalue weighted by Crippen LogP contribution is -1.97. The maximum absolute atomic E-state index is 13.2. The van der Waals surface area contributed by atoms with Crippen molar-refractivity contribution in [3.05, 3.63) is 64.3 Å². The molecule has 4 nitrogen and oxygen atoms in total. The first-order valence-corrected chi connectivity index (χ1v) is 8.12. The van der Waals surface area contributed by atoms with Crippen LogP contribution >= 0.6 is 22.9 Å². The third-order valence-electron chi connectivity index (χ3n) is 3.39. The van der Waals surface area contributed by atoms with Gasteiger partial charge in [0.05, 0.1) is 11.2 Å². The van der Waals surface area contributed by atoms with Gasteiger partial charge in [0.25, 0.3) is 0 Å². The molecule has 0 fully saturated rings. The van der Waals surface area contributed by atoms with E-state index in [1.807, 2.05) is 17.6 Å². The average molecular weight is 345 g/mol. The number of hydrogen-bond donors (Lipinski definition) is 1. The molecule has 0 aliphatic rings. The van der Waals surface area contributed by atoms with Crippen molar-refractivity contribution in [2.75, 3.05) is 5.32 Å². The number of halogens is 2. The topological polar surface area (TPSA) is 42.2 Å². The molecule has 0 unspecified atom stereocenters. The lowest BCUT2D eigenvalue weighted by molar-refractivity contribution is 0.628. The number of nitrogens with one attached hydrogen (secondary N) is 1. The molecule has 3 heterocycles. The van der Waals surface area contributed by atoms with E-state index in [2.05, 4.69) is 20.8 Å². The summed E-state index contributed by atoms with van der Waals surface area (Å²) < 4.78 is 14.9. The van der Waals surface area contributed by atoms with Crippen LogP contribution < -0.4 is 5.32 Å². The van der Waals surface area contributed by atoms with Gasteiger partial charge < -0.3 is 5.32 Å². The van der Waals surface area contributed by atoms with E-state index in [1.165, 1.54) is 12.1 Å². The Balaban J connectivity index is 1.73. The van der Waals surface area contributed by atoms with Crippen molar-refractivity contribution in [3.8, 4) is 11.1 Å². The van der Waals surface area contributed by atoms with Crippen molar-refractivity contribution >= 4 is 40.1 Å². The minimum absolute atomic E-state index is 0.0689. The first-order chi connectivity index (χ1) is 11.2. The van der Waals surface area contributed by atoms with E-state index in [0.717, 1.165) is 16.8 Å². The highest BCUT2D eigenvalue weighted by atomic mass is 35.5. The zero-order chi connectivity index (χ0) is 15.8. The minimum Gasteiger partial charge on any atom is -0.340 e. The number of aromatic nitrogens is 3. The fourth-order valence-electron chi connectivity index (χ4n) is 2.28. The molecule has 7 heteroatoms. The van der Waals surface area contributed by atoms with Gasteiger partial charge in [-0.1, -0.05) is 11.6 Å². The van der Waals surface area contributed by atoms with Gasteiger partial charge in [0.2, 0.25) is 0 Å². The molecule has 0 aliphatic heterocycles. The quantitative estimate of drug-likeness (QED) is 0.569. The number of nitrogens with zero attached hydrogens (tertiary/aromatic N) is 3. The van der Waals surface area contributed by atoms with Crippen molar-refractivity contribution in [1.29, 1.82) is 0 Å². The summed E-state index contributed by atoms with van der Waals surface area (Å²) in [5.74, 6) is 0.188. The normalized spacial score (nSPS) is 11.0. The summed E-state index contributed by atoms with van der Waals surface area (Å²) in [4.78, 5) is 4.60. The Morgan fingerprint density at radius 2 is 2.13 bits per heavy atom. The van der Waals surface area contributed by atoms with Gasteiger partial charge >= 0.3 is 0 Å². The Morgan fingerprint density at radius 3 is 2.91 bits per heavy atom. The summed E-state index contributed by atoms with van der Waals surface area (Å²) >= 11 is 7.43. The molecular weight excluding hydrogens is 335 g/mol. The van der Waals surface area contributed by atoms with E-state index in [-0.39, 0.29) is 5.02 Å². The Hall–Kier alpha value is -2.44. The highest BCUT2D eigenvalue weighted by molar-refractivity contribution is 7.08. The van der Waals surface area contributed by atoms with E-state index < -0.39 is 5.82 Å².